The van der Waals surface area contributed by atoms with Crippen LogP contribution in [0.1, 0.15) is 11.1 Å². The summed E-state index contributed by atoms with van der Waals surface area (Å²) in [5, 5.41) is 0. The first-order valence-electron chi connectivity index (χ1n) is 3.04. The lowest BCUT2D eigenvalue weighted by Gasteiger charge is -1.92. The Morgan fingerprint density at radius 2 is 2.11 bits per heavy atom. The largest absolute Gasteiger partial charge is 0.0795 e. The van der Waals surface area contributed by atoms with Gasteiger partial charge in [-0.05, 0) is 41.8 Å². The predicted molar refractivity (Wildman–Crippen MR) is 36.9 cm³/mol. The number of rotatable bonds is 0. The van der Waals surface area contributed by atoms with E-state index in [1.807, 2.05) is 12.1 Å². The van der Waals surface area contributed by atoms with Crippen LogP contribution in [0.2, 0.25) is 0 Å². The molecule has 9 heavy (non-hydrogen) atoms. The third-order valence-corrected chi connectivity index (χ3v) is 1.56. The number of benzene rings is 1. The summed E-state index contributed by atoms with van der Waals surface area (Å²) >= 11 is 0. The van der Waals surface area contributed by atoms with Gasteiger partial charge in [0.05, 0.1) is 0 Å². The van der Waals surface area contributed by atoms with E-state index in [2.05, 4.69) is 24.3 Å². The van der Waals surface area contributed by atoms with Crippen LogP contribution in [0.3, 0.4) is 0 Å². The van der Waals surface area contributed by atoms with Crippen molar-refractivity contribution in [2.24, 2.45) is 0 Å². The zero-order valence-corrected chi connectivity index (χ0v) is 5.02. The Morgan fingerprint density at radius 1 is 1.22 bits per heavy atom. The van der Waals surface area contributed by atoms with Gasteiger partial charge in [0.1, 0.15) is 0 Å². The van der Waals surface area contributed by atoms with Crippen LogP contribution in [0, 0.1) is 12.1 Å². The van der Waals surface area contributed by atoms with Crippen molar-refractivity contribution in [1.82, 2.24) is 0 Å². The molecular weight excluding hydrogens is 108 g/mol. The van der Waals surface area contributed by atoms with Gasteiger partial charge in [0.15, 0.2) is 0 Å². The maximum Gasteiger partial charge on any atom is -0.00879 e. The number of hydrogen-bond acceptors (Lipinski definition) is 0. The van der Waals surface area contributed by atoms with Gasteiger partial charge in [0, 0.05) is 0 Å². The highest BCUT2D eigenvalue weighted by Gasteiger charge is 2.00. The molecule has 0 spiro atoms. The summed E-state index contributed by atoms with van der Waals surface area (Å²) in [7, 11) is 0. The minimum absolute atomic E-state index is 1.07. The maximum absolute atomic E-state index is 2.93. The Morgan fingerprint density at radius 3 is 3.00 bits per heavy atom. The molecule has 2 rings (SSSR count). The molecule has 1 aliphatic rings. The highest BCUT2D eigenvalue weighted by molar-refractivity contribution is 5.59. The van der Waals surface area contributed by atoms with E-state index in [1.165, 1.54) is 11.1 Å². The first kappa shape index (κ1) is 4.80. The molecule has 1 aliphatic carbocycles. The molecule has 0 aliphatic heterocycles. The number of allylic oxidation sites excluding steroid dienone is 1. The van der Waals surface area contributed by atoms with Gasteiger partial charge in [-0.3, -0.25) is 0 Å². The molecule has 0 heterocycles. The van der Waals surface area contributed by atoms with Crippen molar-refractivity contribution in [1.29, 1.82) is 0 Å². The van der Waals surface area contributed by atoms with E-state index < -0.39 is 0 Å². The molecule has 0 bridgehead atoms. The molecule has 2 radical (unpaired) electrons. The smallest absolute Gasteiger partial charge is 0.00879 e. The fourth-order valence-electron chi connectivity index (χ4n) is 1.07. The molecule has 0 N–H and O–H groups in total. The van der Waals surface area contributed by atoms with Gasteiger partial charge in [0.25, 0.3) is 0 Å². The van der Waals surface area contributed by atoms with Crippen LogP contribution in [-0.2, 0) is 6.42 Å². The summed E-state index contributed by atoms with van der Waals surface area (Å²) in [4.78, 5) is 0. The molecular formula is C9H6. The third-order valence-electron chi connectivity index (χ3n) is 1.56. The molecule has 0 atom stereocenters. The number of hydrogen-bond donors (Lipinski definition) is 0. The molecule has 1 aromatic carbocycles. The van der Waals surface area contributed by atoms with Crippen molar-refractivity contribution in [3.05, 3.63) is 41.5 Å². The molecule has 0 unspecified atom stereocenters. The van der Waals surface area contributed by atoms with Gasteiger partial charge in [-0.1, -0.05) is 12.2 Å². The average Bonchev–Trinajstić information content (AvgIpc) is 2.33. The maximum atomic E-state index is 2.93. The van der Waals surface area contributed by atoms with Gasteiger partial charge >= 0.3 is 0 Å². The monoisotopic (exact) mass is 114 g/mol. The second-order valence-corrected chi connectivity index (χ2v) is 2.16. The standard InChI is InChI=1S/C9H6/c1-2-5-9-7-3-6-8(9)4-1/h3-6H,7H2. The molecule has 0 heteroatoms. The zero-order valence-electron chi connectivity index (χ0n) is 5.02. The van der Waals surface area contributed by atoms with Crippen molar-refractivity contribution in [3.8, 4) is 0 Å². The molecule has 0 nitrogen and oxygen atoms in total. The van der Waals surface area contributed by atoms with Crippen LogP contribution in [0.25, 0.3) is 6.08 Å². The Bertz CT molecular complexity index is 246. The lowest BCUT2D eigenvalue weighted by molar-refractivity contribution is 1.31. The Hall–Kier alpha value is -1.04. The van der Waals surface area contributed by atoms with Crippen LogP contribution >= 0.6 is 0 Å². The summed E-state index contributed by atoms with van der Waals surface area (Å²) in [6.45, 7) is 0. The summed E-state index contributed by atoms with van der Waals surface area (Å²) in [6, 6.07) is 9.81. The molecule has 0 fully saturated rings. The van der Waals surface area contributed by atoms with E-state index in [9.17, 15) is 0 Å². The average molecular weight is 114 g/mol. The van der Waals surface area contributed by atoms with Crippen molar-refractivity contribution in [3.63, 3.8) is 0 Å². The van der Waals surface area contributed by atoms with E-state index in [1.54, 1.807) is 0 Å². The van der Waals surface area contributed by atoms with Gasteiger partial charge in [-0.15, -0.1) is 0 Å². The second-order valence-electron chi connectivity index (χ2n) is 2.16. The van der Waals surface area contributed by atoms with Crippen molar-refractivity contribution in [2.45, 2.75) is 6.42 Å². The van der Waals surface area contributed by atoms with E-state index in [-0.39, 0.29) is 0 Å². The van der Waals surface area contributed by atoms with Crippen LogP contribution in [0.15, 0.2) is 18.2 Å². The van der Waals surface area contributed by atoms with E-state index in [4.69, 9.17) is 0 Å². The highest BCUT2D eigenvalue weighted by atomic mass is 14.0. The summed E-state index contributed by atoms with van der Waals surface area (Å²) in [5.41, 5.74) is 2.67. The van der Waals surface area contributed by atoms with Crippen molar-refractivity contribution in [2.75, 3.05) is 0 Å². The highest BCUT2D eigenvalue weighted by Crippen LogP contribution is 2.16. The SMILES string of the molecule is [c]1[c]cc2c(c1)C=CC2. The Kier molecular flexibility index (Phi) is 0.922. The zero-order chi connectivity index (χ0) is 6.10. The predicted octanol–water partition coefficient (Wildman–Crippen LogP) is 1.86. The van der Waals surface area contributed by atoms with Crippen LogP contribution in [0.4, 0.5) is 0 Å². The van der Waals surface area contributed by atoms with E-state index >= 15 is 0 Å². The molecule has 0 amide bonds. The van der Waals surface area contributed by atoms with Crippen LogP contribution in [0.5, 0.6) is 0 Å². The van der Waals surface area contributed by atoms with E-state index in [0.29, 0.717) is 0 Å². The fourth-order valence-corrected chi connectivity index (χ4v) is 1.07. The van der Waals surface area contributed by atoms with Crippen LogP contribution < -0.4 is 0 Å². The van der Waals surface area contributed by atoms with Gasteiger partial charge < -0.3 is 0 Å². The molecule has 0 aromatic heterocycles. The quantitative estimate of drug-likeness (QED) is 0.483. The van der Waals surface area contributed by atoms with Crippen LogP contribution in [-0.4, -0.2) is 0 Å². The third kappa shape index (κ3) is 0.672. The Labute approximate surface area is 54.8 Å². The minimum atomic E-state index is 1.07. The normalized spacial score (nSPS) is 13.8. The molecule has 1 aromatic rings. The fraction of sp³-hybridized carbons (Fsp3) is 0.111. The summed E-state index contributed by atoms with van der Waals surface area (Å²) < 4.78 is 0. The molecule has 0 saturated heterocycles. The lowest BCUT2D eigenvalue weighted by Crippen LogP contribution is -1.77. The summed E-state index contributed by atoms with van der Waals surface area (Å²) in [6.07, 6.45) is 5.35. The van der Waals surface area contributed by atoms with Gasteiger partial charge in [-0.25, -0.2) is 0 Å². The minimum Gasteiger partial charge on any atom is -0.0795 e. The first-order valence-corrected chi connectivity index (χ1v) is 3.04. The number of fused-ring (bicyclic) bond motifs is 1. The summed E-state index contributed by atoms with van der Waals surface area (Å²) in [5.74, 6) is 0. The van der Waals surface area contributed by atoms with Gasteiger partial charge in [-0.2, -0.15) is 0 Å². The molecule has 0 saturated carbocycles. The topological polar surface area (TPSA) is 0 Å². The Balaban J connectivity index is 2.63. The first-order chi connectivity index (χ1) is 4.47. The van der Waals surface area contributed by atoms with Crippen molar-refractivity contribution >= 4 is 6.08 Å². The molecule has 42 valence electrons. The van der Waals surface area contributed by atoms with E-state index in [0.717, 1.165) is 6.42 Å². The second kappa shape index (κ2) is 1.73. The lowest BCUT2D eigenvalue weighted by atomic mass is 10.1. The van der Waals surface area contributed by atoms with Gasteiger partial charge in [0.2, 0.25) is 0 Å². The van der Waals surface area contributed by atoms with Crippen molar-refractivity contribution < 1.29 is 0 Å².